The predicted molar refractivity (Wildman–Crippen MR) is 199 cm³/mol. The maximum absolute atomic E-state index is 13.2. The lowest BCUT2D eigenvalue weighted by Gasteiger charge is -2.09. The van der Waals surface area contributed by atoms with Gasteiger partial charge in [0.25, 0.3) is 0 Å². The fraction of sp³-hybridized carbons (Fsp3) is 0.0455. The first-order valence-electron chi connectivity index (χ1n) is 17.1. The molecule has 0 fully saturated rings. The maximum atomic E-state index is 13.2. The van der Waals surface area contributed by atoms with E-state index in [4.69, 9.17) is 19.9 Å². The lowest BCUT2D eigenvalue weighted by molar-refractivity contribution is -0.138. The Labute approximate surface area is 323 Å². The van der Waals surface area contributed by atoms with Crippen molar-refractivity contribution in [1.29, 1.82) is 21.0 Å². The summed E-state index contributed by atoms with van der Waals surface area (Å²) in [6, 6.07) is 30.4. The highest BCUT2D eigenvalue weighted by Gasteiger charge is 2.34. The number of hydrogen-bond acceptors (Lipinski definition) is 8. The SMILES string of the molecule is N#CC(C#N)=C1c2cc(-c3ccc(C(F)(F)F)cc3)ccc2-c2nc3cc4nc5c(nc4cc3nc21)-c1ccc(-c2ccc(C(F)(F)F)cc2)cc1C5=C(C#N)C#N. The first kappa shape index (κ1) is 35.5. The molecule has 0 saturated carbocycles. The smallest absolute Gasteiger partial charge is 0.244 e. The molecule has 2 heterocycles. The summed E-state index contributed by atoms with van der Waals surface area (Å²) in [5.74, 6) is 0. The number of alkyl halides is 6. The van der Waals surface area contributed by atoms with Crippen LogP contribution in [0.5, 0.6) is 0 Å². The average Bonchev–Trinajstić information content (AvgIpc) is 3.69. The summed E-state index contributed by atoms with van der Waals surface area (Å²) >= 11 is 0. The summed E-state index contributed by atoms with van der Waals surface area (Å²) in [7, 11) is 0. The molecule has 0 N–H and O–H groups in total. The Hall–Kier alpha value is -8.20. The van der Waals surface area contributed by atoms with Crippen LogP contribution in [0.1, 0.15) is 33.6 Å². The summed E-state index contributed by atoms with van der Waals surface area (Å²) in [5.41, 5.74) is 4.94. The van der Waals surface area contributed by atoms with Crippen molar-refractivity contribution < 1.29 is 26.3 Å². The van der Waals surface area contributed by atoms with Crippen LogP contribution < -0.4 is 0 Å². The first-order chi connectivity index (χ1) is 27.8. The molecule has 0 spiro atoms. The molecule has 0 bridgehead atoms. The summed E-state index contributed by atoms with van der Waals surface area (Å²) in [6.07, 6.45) is -9.02. The van der Waals surface area contributed by atoms with Crippen LogP contribution in [-0.4, -0.2) is 19.9 Å². The van der Waals surface area contributed by atoms with Crippen molar-refractivity contribution in [3.63, 3.8) is 0 Å². The van der Waals surface area contributed by atoms with Gasteiger partial charge in [0, 0.05) is 22.3 Å². The molecular weight excluding hydrogens is 755 g/mol. The van der Waals surface area contributed by atoms with Gasteiger partial charge < -0.3 is 0 Å². The van der Waals surface area contributed by atoms with Crippen molar-refractivity contribution in [2.75, 3.05) is 0 Å². The topological polar surface area (TPSA) is 147 Å². The Morgan fingerprint density at radius 1 is 0.379 bits per heavy atom. The van der Waals surface area contributed by atoms with Gasteiger partial charge in [0.05, 0.1) is 56.0 Å². The number of fused-ring (bicyclic) bond motifs is 8. The third-order valence-corrected chi connectivity index (χ3v) is 10.0. The molecule has 0 aliphatic heterocycles. The van der Waals surface area contributed by atoms with Crippen molar-refractivity contribution in [1.82, 2.24) is 19.9 Å². The zero-order chi connectivity index (χ0) is 40.7. The van der Waals surface area contributed by atoms with Crippen molar-refractivity contribution in [2.45, 2.75) is 12.4 Å². The minimum Gasteiger partial charge on any atom is -0.244 e. The molecule has 0 saturated heterocycles. The Balaban J connectivity index is 1.18. The molecule has 7 aromatic rings. The molecule has 2 aliphatic rings. The normalized spacial score (nSPS) is 12.5. The van der Waals surface area contributed by atoms with Crippen molar-refractivity contribution >= 4 is 33.2 Å². The Morgan fingerprint density at radius 2 is 0.690 bits per heavy atom. The molecule has 274 valence electrons. The van der Waals surface area contributed by atoms with Gasteiger partial charge in [0.2, 0.25) is 0 Å². The van der Waals surface area contributed by atoms with Gasteiger partial charge in [-0.25, -0.2) is 19.9 Å². The molecule has 14 heteroatoms. The van der Waals surface area contributed by atoms with Gasteiger partial charge in [0.1, 0.15) is 35.4 Å². The molecule has 0 radical (unpaired) electrons. The second-order valence-electron chi connectivity index (χ2n) is 13.3. The molecule has 2 aliphatic carbocycles. The molecule has 8 nitrogen and oxygen atoms in total. The van der Waals surface area contributed by atoms with Crippen molar-refractivity contribution in [3.05, 3.63) is 142 Å². The monoisotopic (exact) mass is 770 g/mol. The van der Waals surface area contributed by atoms with E-state index in [0.717, 1.165) is 24.3 Å². The quantitative estimate of drug-likeness (QED) is 0.0959. The van der Waals surface area contributed by atoms with Gasteiger partial charge in [-0.1, -0.05) is 48.5 Å². The number of halogens is 6. The Morgan fingerprint density at radius 3 is 1.00 bits per heavy atom. The molecule has 9 rings (SSSR count). The molecule has 0 atom stereocenters. The fourth-order valence-electron chi connectivity index (χ4n) is 7.34. The van der Waals surface area contributed by atoms with E-state index >= 15 is 0 Å². The number of benzene rings is 5. The van der Waals surface area contributed by atoms with Gasteiger partial charge in [-0.2, -0.15) is 47.4 Å². The summed E-state index contributed by atoms with van der Waals surface area (Å²) < 4.78 is 79.5. The number of rotatable bonds is 2. The average molecular weight is 771 g/mol. The van der Waals surface area contributed by atoms with Crippen molar-refractivity contribution in [3.8, 4) is 69.0 Å². The van der Waals surface area contributed by atoms with E-state index in [1.54, 1.807) is 48.5 Å². The van der Waals surface area contributed by atoms with Crippen LogP contribution in [0.4, 0.5) is 26.3 Å². The molecule has 2 aromatic heterocycles. The van der Waals surface area contributed by atoms with E-state index < -0.39 is 23.5 Å². The van der Waals surface area contributed by atoms with E-state index in [0.29, 0.717) is 78.0 Å². The summed E-state index contributed by atoms with van der Waals surface area (Å²) in [6.45, 7) is 0. The van der Waals surface area contributed by atoms with Crippen LogP contribution in [-0.2, 0) is 12.4 Å². The lowest BCUT2D eigenvalue weighted by atomic mass is 9.96. The van der Waals surface area contributed by atoms with Gasteiger partial charge in [-0.05, 0) is 81.9 Å². The van der Waals surface area contributed by atoms with Gasteiger partial charge in [-0.15, -0.1) is 0 Å². The van der Waals surface area contributed by atoms with E-state index in [2.05, 4.69) is 0 Å². The molecule has 0 amide bonds. The van der Waals surface area contributed by atoms with Crippen LogP contribution >= 0.6 is 0 Å². The molecule has 58 heavy (non-hydrogen) atoms. The van der Waals surface area contributed by atoms with Crippen LogP contribution in [0.3, 0.4) is 0 Å². The van der Waals surface area contributed by atoms with Gasteiger partial charge in [-0.3, -0.25) is 0 Å². The molecule has 0 unspecified atom stereocenters. The van der Waals surface area contributed by atoms with Crippen LogP contribution in [0.25, 0.3) is 78.0 Å². The van der Waals surface area contributed by atoms with Gasteiger partial charge in [0.15, 0.2) is 0 Å². The standard InChI is InChI=1S/C44H16F6N8/c45-43(46,47)27-7-1-21(2-8-27)23-5-11-29-31(13-23)37(25(17-51)18-52)41-39(29)55-33-15-36-34(16-35(33)57-41)56-40-30-12-6-24(22-3-9-28(10-4-22)44(48,49)50)14-32(30)38(42(40)58-36)26(19-53)20-54/h1-16H. The first-order valence-corrected chi connectivity index (χ1v) is 17.1. The Kier molecular flexibility index (Phi) is 7.76. The van der Waals surface area contributed by atoms with Crippen LogP contribution in [0.2, 0.25) is 0 Å². The summed E-state index contributed by atoms with van der Waals surface area (Å²) in [5, 5.41) is 39.9. The van der Waals surface area contributed by atoms with E-state index in [1.165, 1.54) is 24.3 Å². The number of nitriles is 4. The maximum Gasteiger partial charge on any atom is 0.416 e. The number of allylic oxidation sites excluding steroid dienone is 2. The fourth-order valence-corrected chi connectivity index (χ4v) is 7.34. The van der Waals surface area contributed by atoms with Crippen LogP contribution in [0.15, 0.2) is 108 Å². The third-order valence-electron chi connectivity index (χ3n) is 10.0. The summed E-state index contributed by atoms with van der Waals surface area (Å²) in [4.78, 5) is 19.5. The minimum absolute atomic E-state index is 0.214. The van der Waals surface area contributed by atoms with E-state index in [9.17, 15) is 47.4 Å². The minimum atomic E-state index is -4.51. The van der Waals surface area contributed by atoms with E-state index in [1.807, 2.05) is 24.3 Å². The van der Waals surface area contributed by atoms with Crippen molar-refractivity contribution in [2.24, 2.45) is 0 Å². The largest absolute Gasteiger partial charge is 0.416 e. The second kappa shape index (κ2) is 12.7. The second-order valence-corrected chi connectivity index (χ2v) is 13.3. The lowest BCUT2D eigenvalue weighted by Crippen LogP contribution is -2.04. The number of aromatic nitrogens is 4. The highest BCUT2D eigenvalue weighted by atomic mass is 19.4. The number of nitrogens with zero attached hydrogens (tertiary/aromatic N) is 8. The molecular formula is C44H16F6N8. The van der Waals surface area contributed by atoms with Crippen LogP contribution in [0, 0.1) is 45.3 Å². The Bertz CT molecular complexity index is 2970. The predicted octanol–water partition coefficient (Wildman–Crippen LogP) is 10.6. The molecule has 5 aromatic carbocycles. The highest BCUT2D eigenvalue weighted by Crippen LogP contribution is 2.48. The van der Waals surface area contributed by atoms with Gasteiger partial charge >= 0.3 is 12.4 Å². The van der Waals surface area contributed by atoms with E-state index in [-0.39, 0.29) is 33.7 Å². The zero-order valence-corrected chi connectivity index (χ0v) is 29.1. The number of hydrogen-bond donors (Lipinski definition) is 0. The zero-order valence-electron chi connectivity index (χ0n) is 29.1. The third kappa shape index (κ3) is 5.51. The highest BCUT2D eigenvalue weighted by molar-refractivity contribution is 6.07.